The van der Waals surface area contributed by atoms with Crippen molar-refractivity contribution in [2.75, 3.05) is 6.54 Å². The second kappa shape index (κ2) is 8.25. The first-order chi connectivity index (χ1) is 9.81. The van der Waals surface area contributed by atoms with Gasteiger partial charge in [-0.3, -0.25) is 0 Å². The van der Waals surface area contributed by atoms with Gasteiger partial charge in [-0.2, -0.15) is 0 Å². The van der Waals surface area contributed by atoms with Crippen LogP contribution in [0.3, 0.4) is 0 Å². The molecule has 0 aromatic rings. The van der Waals surface area contributed by atoms with E-state index in [1.165, 1.54) is 0 Å². The number of urea groups is 1. The van der Waals surface area contributed by atoms with Gasteiger partial charge in [-0.25, -0.2) is 9.59 Å². The van der Waals surface area contributed by atoms with Gasteiger partial charge in [0.1, 0.15) is 6.04 Å². The van der Waals surface area contributed by atoms with Gasteiger partial charge in [0, 0.05) is 12.6 Å². The van der Waals surface area contributed by atoms with Gasteiger partial charge in [0.05, 0.1) is 0 Å². The first kappa shape index (κ1) is 17.8. The Morgan fingerprint density at radius 2 is 1.71 bits per heavy atom. The van der Waals surface area contributed by atoms with E-state index < -0.39 is 12.0 Å². The minimum atomic E-state index is -0.951. The van der Waals surface area contributed by atoms with E-state index in [-0.39, 0.29) is 18.0 Å². The molecule has 1 rings (SSSR count). The van der Waals surface area contributed by atoms with Crippen LogP contribution in [0.1, 0.15) is 59.8 Å². The molecule has 0 heterocycles. The number of carboxylic acids is 1. The molecule has 1 aliphatic carbocycles. The lowest BCUT2D eigenvalue weighted by atomic mass is 10.0. The van der Waals surface area contributed by atoms with Gasteiger partial charge in [-0.15, -0.1) is 0 Å². The van der Waals surface area contributed by atoms with Crippen LogP contribution in [0.5, 0.6) is 0 Å². The molecule has 1 atom stereocenters. The third-order valence-corrected chi connectivity index (χ3v) is 3.89. The fourth-order valence-electron chi connectivity index (χ4n) is 2.93. The first-order valence-corrected chi connectivity index (χ1v) is 8.11. The van der Waals surface area contributed by atoms with Crippen molar-refractivity contribution >= 4 is 12.0 Å². The van der Waals surface area contributed by atoms with Crippen LogP contribution in [0, 0.1) is 11.8 Å². The minimum absolute atomic E-state index is 0.219. The van der Waals surface area contributed by atoms with Crippen molar-refractivity contribution in [3.63, 3.8) is 0 Å². The number of carbonyl (C=O) groups is 2. The van der Waals surface area contributed by atoms with Gasteiger partial charge in [-0.05, 0) is 31.1 Å². The summed E-state index contributed by atoms with van der Waals surface area (Å²) in [5, 5.41) is 12.0. The molecule has 1 saturated carbocycles. The number of rotatable bonds is 7. The zero-order valence-corrected chi connectivity index (χ0v) is 13.8. The summed E-state index contributed by atoms with van der Waals surface area (Å²) in [6.07, 6.45) is 4.83. The average Bonchev–Trinajstić information content (AvgIpc) is 2.87. The molecule has 122 valence electrons. The molecule has 5 heteroatoms. The molecular weight excluding hydrogens is 268 g/mol. The normalized spacial score (nSPS) is 17.2. The first-order valence-electron chi connectivity index (χ1n) is 8.11. The number of carboxylic acid groups (broad SMARTS) is 1. The summed E-state index contributed by atoms with van der Waals surface area (Å²) in [6.45, 7) is 8.77. The molecule has 0 aromatic carbocycles. The summed E-state index contributed by atoms with van der Waals surface area (Å²) in [5.41, 5.74) is 0. The lowest BCUT2D eigenvalue weighted by Gasteiger charge is -2.32. The predicted molar refractivity (Wildman–Crippen MR) is 83.2 cm³/mol. The summed E-state index contributed by atoms with van der Waals surface area (Å²) in [4.78, 5) is 25.7. The highest BCUT2D eigenvalue weighted by atomic mass is 16.4. The van der Waals surface area contributed by atoms with Gasteiger partial charge >= 0.3 is 12.0 Å². The van der Waals surface area contributed by atoms with E-state index in [1.807, 2.05) is 18.7 Å². The fraction of sp³-hybridized carbons (Fsp3) is 0.875. The molecular formula is C16H30N2O3. The van der Waals surface area contributed by atoms with Gasteiger partial charge in [0.15, 0.2) is 0 Å². The number of hydrogen-bond donors (Lipinski definition) is 2. The van der Waals surface area contributed by atoms with Crippen molar-refractivity contribution in [2.24, 2.45) is 11.8 Å². The molecule has 0 saturated heterocycles. The van der Waals surface area contributed by atoms with Crippen LogP contribution in [0.2, 0.25) is 0 Å². The number of hydrogen-bond acceptors (Lipinski definition) is 2. The zero-order chi connectivity index (χ0) is 16.0. The number of carbonyl (C=O) groups excluding carboxylic acids is 1. The van der Waals surface area contributed by atoms with E-state index in [0.29, 0.717) is 18.9 Å². The van der Waals surface area contributed by atoms with Gasteiger partial charge < -0.3 is 15.3 Å². The van der Waals surface area contributed by atoms with Crippen LogP contribution < -0.4 is 5.32 Å². The van der Waals surface area contributed by atoms with E-state index in [2.05, 4.69) is 19.2 Å². The molecule has 0 radical (unpaired) electrons. The summed E-state index contributed by atoms with van der Waals surface area (Å²) >= 11 is 0. The van der Waals surface area contributed by atoms with Crippen molar-refractivity contribution in [1.82, 2.24) is 10.2 Å². The molecule has 1 aliphatic rings. The third-order valence-electron chi connectivity index (χ3n) is 3.89. The van der Waals surface area contributed by atoms with Crippen molar-refractivity contribution in [3.8, 4) is 0 Å². The largest absolute Gasteiger partial charge is 0.480 e. The van der Waals surface area contributed by atoms with Gasteiger partial charge in [0.2, 0.25) is 0 Å². The van der Waals surface area contributed by atoms with Crippen molar-refractivity contribution in [2.45, 2.75) is 71.9 Å². The summed E-state index contributed by atoms with van der Waals surface area (Å²) in [5.74, 6) is -0.339. The molecule has 2 N–H and O–H groups in total. The molecule has 0 spiro atoms. The molecule has 0 aliphatic heterocycles. The summed E-state index contributed by atoms with van der Waals surface area (Å²) in [7, 11) is 0. The van der Waals surface area contributed by atoms with Gasteiger partial charge in [0.25, 0.3) is 0 Å². The number of amides is 2. The highest BCUT2D eigenvalue weighted by Crippen LogP contribution is 2.24. The Morgan fingerprint density at radius 3 is 2.14 bits per heavy atom. The summed E-state index contributed by atoms with van der Waals surface area (Å²) in [6, 6.07) is -0.752. The van der Waals surface area contributed by atoms with Crippen LogP contribution >= 0.6 is 0 Å². The molecule has 0 aromatic heterocycles. The number of nitrogens with zero attached hydrogens (tertiary/aromatic N) is 1. The molecule has 1 unspecified atom stereocenters. The molecule has 21 heavy (non-hydrogen) atoms. The van der Waals surface area contributed by atoms with Crippen LogP contribution in [-0.2, 0) is 4.79 Å². The van der Waals surface area contributed by atoms with E-state index in [0.717, 1.165) is 25.7 Å². The molecule has 1 fully saturated rings. The molecule has 2 amide bonds. The monoisotopic (exact) mass is 298 g/mol. The zero-order valence-electron chi connectivity index (χ0n) is 13.8. The predicted octanol–water partition coefficient (Wildman–Crippen LogP) is 3.10. The average molecular weight is 298 g/mol. The molecule has 0 bridgehead atoms. The maximum absolute atomic E-state index is 12.5. The Balaban J connectivity index is 2.71. The summed E-state index contributed by atoms with van der Waals surface area (Å²) < 4.78 is 0. The minimum Gasteiger partial charge on any atom is -0.480 e. The van der Waals surface area contributed by atoms with Crippen LogP contribution in [0.25, 0.3) is 0 Å². The van der Waals surface area contributed by atoms with Crippen LogP contribution in [0.15, 0.2) is 0 Å². The maximum atomic E-state index is 12.5. The maximum Gasteiger partial charge on any atom is 0.326 e. The second-order valence-corrected chi connectivity index (χ2v) is 6.95. The lowest BCUT2D eigenvalue weighted by Crippen LogP contribution is -2.52. The number of aliphatic carboxylic acids is 1. The number of nitrogens with one attached hydrogen (secondary N) is 1. The Morgan fingerprint density at radius 1 is 1.14 bits per heavy atom. The SMILES string of the molecule is CC(C)CC(NC(=O)N(CC(C)C)C1CCCC1)C(=O)O. The second-order valence-electron chi connectivity index (χ2n) is 6.95. The highest BCUT2D eigenvalue weighted by Gasteiger charge is 2.30. The Kier molecular flexibility index (Phi) is 6.99. The van der Waals surface area contributed by atoms with E-state index >= 15 is 0 Å². The van der Waals surface area contributed by atoms with Crippen LogP contribution in [0.4, 0.5) is 4.79 Å². The Bertz CT molecular complexity index is 349. The van der Waals surface area contributed by atoms with E-state index in [9.17, 15) is 14.7 Å². The quantitative estimate of drug-likeness (QED) is 0.759. The van der Waals surface area contributed by atoms with Crippen molar-refractivity contribution in [3.05, 3.63) is 0 Å². The van der Waals surface area contributed by atoms with Gasteiger partial charge in [-0.1, -0.05) is 40.5 Å². The third kappa shape index (κ3) is 5.94. The fourth-order valence-corrected chi connectivity index (χ4v) is 2.93. The van der Waals surface area contributed by atoms with E-state index in [1.54, 1.807) is 0 Å². The van der Waals surface area contributed by atoms with Crippen LogP contribution in [-0.4, -0.2) is 40.6 Å². The standard InChI is InChI=1S/C16H30N2O3/c1-11(2)9-14(15(19)20)17-16(21)18(10-12(3)4)13-7-5-6-8-13/h11-14H,5-10H2,1-4H3,(H,17,21)(H,19,20). The van der Waals surface area contributed by atoms with Crippen molar-refractivity contribution < 1.29 is 14.7 Å². The Hall–Kier alpha value is -1.26. The lowest BCUT2D eigenvalue weighted by molar-refractivity contribution is -0.139. The van der Waals surface area contributed by atoms with E-state index in [4.69, 9.17) is 0 Å². The highest BCUT2D eigenvalue weighted by molar-refractivity contribution is 5.82. The Labute approximate surface area is 128 Å². The van der Waals surface area contributed by atoms with Crippen molar-refractivity contribution in [1.29, 1.82) is 0 Å². The molecule has 5 nitrogen and oxygen atoms in total. The topological polar surface area (TPSA) is 69.6 Å². The smallest absolute Gasteiger partial charge is 0.326 e.